The lowest BCUT2D eigenvalue weighted by molar-refractivity contribution is 0.0979. The van der Waals surface area contributed by atoms with Crippen molar-refractivity contribution in [1.29, 1.82) is 0 Å². The first-order valence-corrected chi connectivity index (χ1v) is 7.61. The first-order valence-electron chi connectivity index (χ1n) is 6.73. The number of thiophene rings is 1. The molecule has 0 aromatic carbocycles. The number of hydrogen-bond acceptors (Lipinski definition) is 4. The summed E-state index contributed by atoms with van der Waals surface area (Å²) in [6.07, 6.45) is 0.504. The van der Waals surface area contributed by atoms with Crippen molar-refractivity contribution < 1.29 is 4.79 Å². The van der Waals surface area contributed by atoms with Crippen molar-refractivity contribution in [3.8, 4) is 0 Å². The van der Waals surface area contributed by atoms with Crippen molar-refractivity contribution in [2.45, 2.75) is 33.4 Å². The smallest absolute Gasteiger partial charge is 0.174 e. The second kappa shape index (κ2) is 6.33. The molecule has 2 rings (SSSR count). The largest absolute Gasteiger partial charge is 0.305 e. The molecule has 5 heteroatoms. The fraction of sp³-hybridized carbons (Fsp3) is 0.467. The average molecular weight is 291 g/mol. The van der Waals surface area contributed by atoms with E-state index < -0.39 is 0 Å². The monoisotopic (exact) mass is 291 g/mol. The first kappa shape index (κ1) is 14.9. The predicted molar refractivity (Wildman–Crippen MR) is 82.4 cm³/mol. The maximum Gasteiger partial charge on any atom is 0.174 e. The van der Waals surface area contributed by atoms with Gasteiger partial charge in [-0.3, -0.25) is 9.48 Å². The Kier molecular flexibility index (Phi) is 4.73. The molecule has 108 valence electrons. The molecule has 0 aliphatic rings. The SMILES string of the molecule is Cc1nn(CCC(=O)c2cccs2)c(C)c1CN(C)C. The number of aryl methyl sites for hydroxylation is 2. The van der Waals surface area contributed by atoms with E-state index in [2.05, 4.69) is 31.0 Å². The normalized spacial score (nSPS) is 11.2. The van der Waals surface area contributed by atoms with Crippen molar-refractivity contribution in [2.24, 2.45) is 0 Å². The van der Waals surface area contributed by atoms with Gasteiger partial charge in [0.2, 0.25) is 0 Å². The van der Waals surface area contributed by atoms with Crippen LogP contribution in [0.5, 0.6) is 0 Å². The van der Waals surface area contributed by atoms with Gasteiger partial charge in [0.1, 0.15) is 0 Å². The summed E-state index contributed by atoms with van der Waals surface area (Å²) in [5.41, 5.74) is 3.48. The fourth-order valence-corrected chi connectivity index (χ4v) is 2.96. The van der Waals surface area contributed by atoms with Crippen molar-refractivity contribution in [1.82, 2.24) is 14.7 Å². The molecule has 4 nitrogen and oxygen atoms in total. The average Bonchev–Trinajstić information content (AvgIpc) is 3.00. The molecule has 0 saturated carbocycles. The van der Waals surface area contributed by atoms with Crippen LogP contribution in [0.1, 0.15) is 33.0 Å². The van der Waals surface area contributed by atoms with Crippen LogP contribution in [0.4, 0.5) is 0 Å². The standard InChI is InChI=1S/C15H21N3OS/c1-11-13(10-17(3)4)12(2)18(16-11)8-7-14(19)15-6-5-9-20-15/h5-6,9H,7-8,10H2,1-4H3. The molecular formula is C15H21N3OS. The minimum Gasteiger partial charge on any atom is -0.305 e. The van der Waals surface area contributed by atoms with Crippen molar-refractivity contribution in [3.63, 3.8) is 0 Å². The molecule has 0 unspecified atom stereocenters. The molecule has 0 aliphatic carbocycles. The maximum absolute atomic E-state index is 12.0. The molecule has 0 N–H and O–H groups in total. The zero-order valence-corrected chi connectivity index (χ0v) is 13.3. The molecule has 0 fully saturated rings. The number of Topliss-reactive ketones (excluding diaryl/α,β-unsaturated/α-hetero) is 1. The molecule has 0 radical (unpaired) electrons. The predicted octanol–water partition coefficient (Wildman–Crippen LogP) is 2.90. The Morgan fingerprint density at radius 1 is 1.40 bits per heavy atom. The van der Waals surface area contributed by atoms with Crippen LogP contribution in [0.3, 0.4) is 0 Å². The molecular weight excluding hydrogens is 270 g/mol. The Morgan fingerprint density at radius 2 is 2.15 bits per heavy atom. The number of aromatic nitrogens is 2. The topological polar surface area (TPSA) is 38.1 Å². The minimum absolute atomic E-state index is 0.196. The van der Waals surface area contributed by atoms with Gasteiger partial charge in [-0.1, -0.05) is 6.07 Å². The third-order valence-electron chi connectivity index (χ3n) is 3.35. The van der Waals surface area contributed by atoms with E-state index in [1.807, 2.05) is 29.1 Å². The molecule has 0 saturated heterocycles. The van der Waals surface area contributed by atoms with Crippen LogP contribution in [0.15, 0.2) is 17.5 Å². The molecule has 0 amide bonds. The Hall–Kier alpha value is -1.46. The van der Waals surface area contributed by atoms with Crippen LogP contribution in [0.25, 0.3) is 0 Å². The van der Waals surface area contributed by atoms with Gasteiger partial charge in [0.15, 0.2) is 5.78 Å². The first-order chi connectivity index (χ1) is 9.49. The maximum atomic E-state index is 12.0. The number of rotatable bonds is 6. The molecule has 2 aromatic heterocycles. The van der Waals surface area contributed by atoms with Crippen LogP contribution < -0.4 is 0 Å². The summed E-state index contributed by atoms with van der Waals surface area (Å²) in [7, 11) is 4.10. The zero-order chi connectivity index (χ0) is 14.7. The van der Waals surface area contributed by atoms with Crippen molar-refractivity contribution >= 4 is 17.1 Å². The summed E-state index contributed by atoms with van der Waals surface area (Å²) >= 11 is 1.50. The zero-order valence-electron chi connectivity index (χ0n) is 12.5. The lowest BCUT2D eigenvalue weighted by Gasteiger charge is -2.10. The van der Waals surface area contributed by atoms with Crippen LogP contribution in [0, 0.1) is 13.8 Å². The van der Waals surface area contributed by atoms with Gasteiger partial charge in [-0.05, 0) is 39.4 Å². The third kappa shape index (κ3) is 3.35. The van der Waals surface area contributed by atoms with E-state index in [-0.39, 0.29) is 5.78 Å². The highest BCUT2D eigenvalue weighted by molar-refractivity contribution is 7.12. The summed E-state index contributed by atoms with van der Waals surface area (Å²) < 4.78 is 1.96. The quantitative estimate of drug-likeness (QED) is 0.768. The van der Waals surface area contributed by atoms with Gasteiger partial charge in [-0.2, -0.15) is 5.10 Å². The number of hydrogen-bond donors (Lipinski definition) is 0. The second-order valence-corrected chi connectivity index (χ2v) is 6.21. The summed E-state index contributed by atoms with van der Waals surface area (Å²) in [5, 5.41) is 6.49. The van der Waals surface area contributed by atoms with Crippen LogP contribution in [0.2, 0.25) is 0 Å². The van der Waals surface area contributed by atoms with E-state index in [9.17, 15) is 4.79 Å². The van der Waals surface area contributed by atoms with Gasteiger partial charge in [-0.15, -0.1) is 11.3 Å². The highest BCUT2D eigenvalue weighted by Gasteiger charge is 2.13. The summed E-state index contributed by atoms with van der Waals surface area (Å²) in [4.78, 5) is 15.0. The Morgan fingerprint density at radius 3 is 2.75 bits per heavy atom. The Balaban J connectivity index is 2.05. The van der Waals surface area contributed by atoms with E-state index >= 15 is 0 Å². The number of carbonyl (C=O) groups excluding carboxylic acids is 1. The molecule has 0 aliphatic heterocycles. The Labute approximate surface area is 124 Å². The summed E-state index contributed by atoms with van der Waals surface area (Å²) in [6, 6.07) is 3.79. The number of nitrogens with zero attached hydrogens (tertiary/aromatic N) is 3. The van der Waals surface area contributed by atoms with Gasteiger partial charge in [-0.25, -0.2) is 0 Å². The molecule has 0 atom stereocenters. The summed E-state index contributed by atoms with van der Waals surface area (Å²) in [5.74, 6) is 0.196. The van der Waals surface area contributed by atoms with E-state index in [0.717, 1.165) is 22.8 Å². The third-order valence-corrected chi connectivity index (χ3v) is 4.26. The van der Waals surface area contributed by atoms with E-state index in [1.165, 1.54) is 16.9 Å². The molecule has 2 aromatic rings. The lowest BCUT2D eigenvalue weighted by atomic mass is 10.2. The van der Waals surface area contributed by atoms with E-state index in [4.69, 9.17) is 0 Å². The number of ketones is 1. The van der Waals surface area contributed by atoms with Crippen LogP contribution >= 0.6 is 11.3 Å². The van der Waals surface area contributed by atoms with Crippen LogP contribution in [-0.4, -0.2) is 34.6 Å². The lowest BCUT2D eigenvalue weighted by Crippen LogP contribution is -2.12. The van der Waals surface area contributed by atoms with Gasteiger partial charge < -0.3 is 4.90 Å². The highest BCUT2D eigenvalue weighted by Crippen LogP contribution is 2.16. The van der Waals surface area contributed by atoms with Gasteiger partial charge in [0.25, 0.3) is 0 Å². The van der Waals surface area contributed by atoms with Crippen molar-refractivity contribution in [3.05, 3.63) is 39.3 Å². The number of carbonyl (C=O) groups is 1. The van der Waals surface area contributed by atoms with Gasteiger partial charge in [0.05, 0.1) is 10.6 Å². The molecule has 0 spiro atoms. The summed E-state index contributed by atoms with van der Waals surface area (Å²) in [6.45, 7) is 5.64. The minimum atomic E-state index is 0.196. The molecule has 20 heavy (non-hydrogen) atoms. The van der Waals surface area contributed by atoms with Crippen LogP contribution in [-0.2, 0) is 13.1 Å². The second-order valence-electron chi connectivity index (χ2n) is 5.26. The van der Waals surface area contributed by atoms with Gasteiger partial charge >= 0.3 is 0 Å². The van der Waals surface area contributed by atoms with Gasteiger partial charge in [0, 0.05) is 30.8 Å². The Bertz CT molecular complexity index is 585. The fourth-order valence-electron chi connectivity index (χ4n) is 2.26. The molecule has 0 bridgehead atoms. The molecule has 2 heterocycles. The van der Waals surface area contributed by atoms with E-state index in [1.54, 1.807) is 0 Å². The highest BCUT2D eigenvalue weighted by atomic mass is 32.1. The van der Waals surface area contributed by atoms with Crippen molar-refractivity contribution in [2.75, 3.05) is 14.1 Å². The van der Waals surface area contributed by atoms with E-state index in [0.29, 0.717) is 13.0 Å².